The van der Waals surface area contributed by atoms with Crippen molar-refractivity contribution in [2.45, 2.75) is 6.92 Å². The fourth-order valence-corrected chi connectivity index (χ4v) is 2.31. The molecule has 0 saturated carbocycles. The minimum Gasteiger partial charge on any atom is -0.395 e. The second kappa shape index (κ2) is 5.67. The first-order valence-electron chi connectivity index (χ1n) is 6.50. The molecule has 2 heterocycles. The van der Waals surface area contributed by atoms with Gasteiger partial charge >= 0.3 is 0 Å². The summed E-state index contributed by atoms with van der Waals surface area (Å²) in [6.45, 7) is 2.45. The fourth-order valence-electron chi connectivity index (χ4n) is 2.15. The molecule has 0 saturated heterocycles. The first-order chi connectivity index (χ1) is 10.2. The molecule has 3 rings (SSSR count). The maximum Gasteiger partial charge on any atom is 0.168 e. The number of fused-ring (bicyclic) bond motifs is 1. The molecular formula is C14H14ClN5O. The zero-order valence-electron chi connectivity index (χ0n) is 11.4. The van der Waals surface area contributed by atoms with Crippen LogP contribution in [0.3, 0.4) is 0 Å². The Morgan fingerprint density at radius 1 is 1.33 bits per heavy atom. The normalized spacial score (nSPS) is 11.0. The lowest BCUT2D eigenvalue weighted by Gasteiger charge is -2.08. The zero-order chi connectivity index (χ0) is 14.8. The molecule has 0 aliphatic carbocycles. The number of aryl methyl sites for hydroxylation is 1. The number of rotatable bonds is 4. The highest BCUT2D eigenvalue weighted by Crippen LogP contribution is 2.25. The number of benzene rings is 1. The molecule has 2 N–H and O–H groups in total. The molecule has 0 atom stereocenters. The van der Waals surface area contributed by atoms with Crippen LogP contribution >= 0.6 is 11.6 Å². The third-order valence-electron chi connectivity index (χ3n) is 3.17. The molecule has 3 aromatic rings. The van der Waals surface area contributed by atoms with Gasteiger partial charge < -0.3 is 10.4 Å². The summed E-state index contributed by atoms with van der Waals surface area (Å²) in [7, 11) is 0. The van der Waals surface area contributed by atoms with E-state index in [4.69, 9.17) is 16.7 Å². The van der Waals surface area contributed by atoms with Gasteiger partial charge in [-0.25, -0.2) is 14.6 Å². The molecule has 0 amide bonds. The standard InChI is InChI=1S/C14H14ClN5O/c1-9-2-3-10(15)6-12(9)20-14-11(7-19-20)13(16-4-5-21)17-8-18-14/h2-3,6-8,21H,4-5H2,1H3,(H,16,17,18). The molecule has 0 bridgehead atoms. The van der Waals surface area contributed by atoms with E-state index >= 15 is 0 Å². The quantitative estimate of drug-likeness (QED) is 0.772. The largest absolute Gasteiger partial charge is 0.395 e. The van der Waals surface area contributed by atoms with E-state index in [1.807, 2.05) is 25.1 Å². The number of nitrogens with zero attached hydrogens (tertiary/aromatic N) is 4. The summed E-state index contributed by atoms with van der Waals surface area (Å²) in [4.78, 5) is 8.48. The van der Waals surface area contributed by atoms with Crippen molar-refractivity contribution < 1.29 is 5.11 Å². The van der Waals surface area contributed by atoms with Crippen LogP contribution in [0.25, 0.3) is 16.7 Å². The predicted molar refractivity (Wildman–Crippen MR) is 82.0 cm³/mol. The summed E-state index contributed by atoms with van der Waals surface area (Å²) in [6, 6.07) is 5.64. The van der Waals surface area contributed by atoms with Crippen LogP contribution in [0, 0.1) is 6.92 Å². The number of hydrogen-bond acceptors (Lipinski definition) is 5. The average molecular weight is 304 g/mol. The monoisotopic (exact) mass is 303 g/mol. The maximum absolute atomic E-state index is 8.91. The van der Waals surface area contributed by atoms with Crippen LogP contribution in [-0.4, -0.2) is 38.0 Å². The van der Waals surface area contributed by atoms with E-state index in [1.54, 1.807) is 10.9 Å². The van der Waals surface area contributed by atoms with E-state index in [9.17, 15) is 0 Å². The Hall–Kier alpha value is -2.18. The molecule has 0 radical (unpaired) electrons. The summed E-state index contributed by atoms with van der Waals surface area (Å²) in [5.74, 6) is 0.653. The van der Waals surface area contributed by atoms with Gasteiger partial charge in [0.05, 0.1) is 23.9 Å². The van der Waals surface area contributed by atoms with Crippen molar-refractivity contribution >= 4 is 28.5 Å². The van der Waals surface area contributed by atoms with Crippen LogP contribution in [0.1, 0.15) is 5.56 Å². The Morgan fingerprint density at radius 2 is 2.19 bits per heavy atom. The lowest BCUT2D eigenvalue weighted by molar-refractivity contribution is 0.311. The van der Waals surface area contributed by atoms with E-state index in [0.29, 0.717) is 23.0 Å². The fraction of sp³-hybridized carbons (Fsp3) is 0.214. The maximum atomic E-state index is 8.91. The van der Waals surface area contributed by atoms with Gasteiger partial charge in [-0.15, -0.1) is 0 Å². The number of anilines is 1. The minimum atomic E-state index is 0.0348. The number of hydrogen-bond donors (Lipinski definition) is 2. The summed E-state index contributed by atoms with van der Waals surface area (Å²) in [5.41, 5.74) is 2.62. The zero-order valence-corrected chi connectivity index (χ0v) is 12.2. The Balaban J connectivity index is 2.14. The van der Waals surface area contributed by atoms with E-state index < -0.39 is 0 Å². The number of aliphatic hydroxyl groups excluding tert-OH is 1. The predicted octanol–water partition coefficient (Wildman–Crippen LogP) is 2.18. The highest BCUT2D eigenvalue weighted by atomic mass is 35.5. The van der Waals surface area contributed by atoms with Gasteiger partial charge in [-0.1, -0.05) is 17.7 Å². The van der Waals surface area contributed by atoms with Crippen LogP contribution in [0.2, 0.25) is 5.02 Å². The molecule has 2 aromatic heterocycles. The van der Waals surface area contributed by atoms with E-state index in [0.717, 1.165) is 16.6 Å². The SMILES string of the molecule is Cc1ccc(Cl)cc1-n1ncc2c(NCCO)ncnc21. The molecule has 0 unspecified atom stereocenters. The molecule has 0 aliphatic heterocycles. The van der Waals surface area contributed by atoms with Crippen molar-refractivity contribution in [2.75, 3.05) is 18.5 Å². The van der Waals surface area contributed by atoms with Crippen LogP contribution in [-0.2, 0) is 0 Å². The molecule has 6 nitrogen and oxygen atoms in total. The van der Waals surface area contributed by atoms with Crippen molar-refractivity contribution in [3.05, 3.63) is 41.3 Å². The lowest BCUT2D eigenvalue weighted by atomic mass is 10.2. The van der Waals surface area contributed by atoms with E-state index in [-0.39, 0.29) is 6.61 Å². The summed E-state index contributed by atoms with van der Waals surface area (Å²) in [5, 5.41) is 17.8. The topological polar surface area (TPSA) is 75.9 Å². The Bertz CT molecular complexity index is 786. The van der Waals surface area contributed by atoms with Gasteiger partial charge in [-0.2, -0.15) is 5.10 Å². The summed E-state index contributed by atoms with van der Waals surface area (Å²) in [6.07, 6.45) is 3.18. The van der Waals surface area contributed by atoms with Gasteiger partial charge in [-0.05, 0) is 24.6 Å². The van der Waals surface area contributed by atoms with Gasteiger partial charge in [0.1, 0.15) is 12.1 Å². The molecule has 21 heavy (non-hydrogen) atoms. The second-order valence-corrected chi connectivity index (χ2v) is 5.03. The number of nitrogens with one attached hydrogen (secondary N) is 1. The Morgan fingerprint density at radius 3 is 3.00 bits per heavy atom. The first-order valence-corrected chi connectivity index (χ1v) is 6.88. The van der Waals surface area contributed by atoms with Crippen molar-refractivity contribution in [1.82, 2.24) is 19.7 Å². The first kappa shape index (κ1) is 13.8. The summed E-state index contributed by atoms with van der Waals surface area (Å²) >= 11 is 6.07. The van der Waals surface area contributed by atoms with Gasteiger partial charge in [0.15, 0.2) is 5.65 Å². The van der Waals surface area contributed by atoms with Crippen molar-refractivity contribution in [3.8, 4) is 5.69 Å². The van der Waals surface area contributed by atoms with Crippen LogP contribution in [0.15, 0.2) is 30.7 Å². The Kier molecular flexibility index (Phi) is 3.72. The van der Waals surface area contributed by atoms with Crippen molar-refractivity contribution in [2.24, 2.45) is 0 Å². The van der Waals surface area contributed by atoms with Gasteiger partial charge in [-0.3, -0.25) is 0 Å². The molecule has 7 heteroatoms. The Labute approximate surface area is 126 Å². The molecule has 0 spiro atoms. The molecule has 0 fully saturated rings. The highest BCUT2D eigenvalue weighted by molar-refractivity contribution is 6.30. The smallest absolute Gasteiger partial charge is 0.168 e. The van der Waals surface area contributed by atoms with Crippen molar-refractivity contribution in [1.29, 1.82) is 0 Å². The van der Waals surface area contributed by atoms with Gasteiger partial charge in [0.25, 0.3) is 0 Å². The number of aromatic nitrogens is 4. The second-order valence-electron chi connectivity index (χ2n) is 4.60. The lowest BCUT2D eigenvalue weighted by Crippen LogP contribution is -2.07. The molecule has 108 valence electrons. The minimum absolute atomic E-state index is 0.0348. The number of halogens is 1. The van der Waals surface area contributed by atoms with Crippen LogP contribution in [0.5, 0.6) is 0 Å². The average Bonchev–Trinajstić information content (AvgIpc) is 2.92. The van der Waals surface area contributed by atoms with E-state index in [2.05, 4.69) is 20.4 Å². The van der Waals surface area contributed by atoms with Gasteiger partial charge in [0.2, 0.25) is 0 Å². The third kappa shape index (κ3) is 2.55. The molecular weight excluding hydrogens is 290 g/mol. The molecule has 1 aromatic carbocycles. The third-order valence-corrected chi connectivity index (χ3v) is 3.40. The van der Waals surface area contributed by atoms with Crippen molar-refractivity contribution in [3.63, 3.8) is 0 Å². The highest BCUT2D eigenvalue weighted by Gasteiger charge is 2.12. The van der Waals surface area contributed by atoms with Gasteiger partial charge in [0, 0.05) is 11.6 Å². The molecule has 0 aliphatic rings. The van der Waals surface area contributed by atoms with Crippen LogP contribution in [0.4, 0.5) is 5.82 Å². The van der Waals surface area contributed by atoms with Crippen LogP contribution < -0.4 is 5.32 Å². The number of aliphatic hydroxyl groups is 1. The summed E-state index contributed by atoms with van der Waals surface area (Å²) < 4.78 is 1.74. The van der Waals surface area contributed by atoms with E-state index in [1.165, 1.54) is 6.33 Å².